The van der Waals surface area contributed by atoms with Gasteiger partial charge in [-0.25, -0.2) is 8.78 Å². The molecule has 3 rings (SSSR count). The summed E-state index contributed by atoms with van der Waals surface area (Å²) in [6, 6.07) is 13.1. The Morgan fingerprint density at radius 2 is 1.57 bits per heavy atom. The van der Waals surface area contributed by atoms with Gasteiger partial charge in [0.15, 0.2) is 5.78 Å². The van der Waals surface area contributed by atoms with Crippen molar-refractivity contribution in [3.63, 3.8) is 0 Å². The zero-order valence-electron chi connectivity index (χ0n) is 12.0. The molecule has 5 heteroatoms. The van der Waals surface area contributed by atoms with E-state index < -0.39 is 0 Å². The Kier molecular flexibility index (Phi) is 4.10. The summed E-state index contributed by atoms with van der Waals surface area (Å²) in [7, 11) is 0. The predicted octanol–water partition coefficient (Wildman–Crippen LogP) is 4.25. The summed E-state index contributed by atoms with van der Waals surface area (Å²) in [4.78, 5) is 12.0. The summed E-state index contributed by atoms with van der Waals surface area (Å²) in [6.07, 6.45) is 2.97. The molecule has 0 aliphatic rings. The molecule has 3 aromatic rings. The fourth-order valence-corrected chi connectivity index (χ4v) is 2.07. The standard InChI is InChI=1S/C18H12F2N2O/c19-14-5-1-12(2-6-14)17-11-16(21-22-17)9-10-18(23)13-3-7-15(20)8-4-13/h1-11H,(H,21,22)/b10-9+. The molecule has 0 saturated heterocycles. The van der Waals surface area contributed by atoms with Gasteiger partial charge in [0, 0.05) is 11.1 Å². The highest BCUT2D eigenvalue weighted by Gasteiger charge is 2.04. The van der Waals surface area contributed by atoms with Crippen LogP contribution >= 0.6 is 0 Å². The van der Waals surface area contributed by atoms with E-state index in [1.165, 1.54) is 42.5 Å². The molecule has 0 radical (unpaired) electrons. The second-order valence-corrected chi connectivity index (χ2v) is 4.92. The van der Waals surface area contributed by atoms with Gasteiger partial charge in [0.2, 0.25) is 0 Å². The maximum absolute atomic E-state index is 12.9. The van der Waals surface area contributed by atoms with Gasteiger partial charge in [-0.3, -0.25) is 9.89 Å². The third kappa shape index (κ3) is 3.58. The fourth-order valence-electron chi connectivity index (χ4n) is 2.07. The van der Waals surface area contributed by atoms with Crippen LogP contribution in [0.2, 0.25) is 0 Å². The van der Waals surface area contributed by atoms with Crippen molar-refractivity contribution in [2.45, 2.75) is 0 Å². The summed E-state index contributed by atoms with van der Waals surface area (Å²) in [5.74, 6) is -0.930. The lowest BCUT2D eigenvalue weighted by Crippen LogP contribution is -1.93. The summed E-state index contributed by atoms with van der Waals surface area (Å²) in [5.41, 5.74) is 2.46. The zero-order valence-corrected chi connectivity index (χ0v) is 12.0. The van der Waals surface area contributed by atoms with Gasteiger partial charge in [0.25, 0.3) is 0 Å². The van der Waals surface area contributed by atoms with Gasteiger partial charge < -0.3 is 0 Å². The molecule has 1 N–H and O–H groups in total. The first-order chi connectivity index (χ1) is 11.1. The maximum Gasteiger partial charge on any atom is 0.185 e. The lowest BCUT2D eigenvalue weighted by Gasteiger charge is -1.95. The van der Waals surface area contributed by atoms with Gasteiger partial charge in [0.05, 0.1) is 11.4 Å². The molecule has 0 spiro atoms. The van der Waals surface area contributed by atoms with Crippen molar-refractivity contribution in [3.05, 3.63) is 83.6 Å². The number of rotatable bonds is 4. The van der Waals surface area contributed by atoms with Crippen molar-refractivity contribution in [3.8, 4) is 11.3 Å². The zero-order chi connectivity index (χ0) is 16.2. The highest BCUT2D eigenvalue weighted by molar-refractivity contribution is 6.06. The molecule has 1 heterocycles. The molecule has 23 heavy (non-hydrogen) atoms. The number of benzene rings is 2. The number of aromatic amines is 1. The van der Waals surface area contributed by atoms with Crippen LogP contribution in [0.1, 0.15) is 16.1 Å². The van der Waals surface area contributed by atoms with Crippen LogP contribution in [0, 0.1) is 11.6 Å². The van der Waals surface area contributed by atoms with E-state index in [0.29, 0.717) is 17.0 Å². The third-order valence-electron chi connectivity index (χ3n) is 3.28. The van der Waals surface area contributed by atoms with Gasteiger partial charge in [0.1, 0.15) is 11.6 Å². The molecular formula is C18H12F2N2O. The maximum atomic E-state index is 12.9. The van der Waals surface area contributed by atoms with Crippen molar-refractivity contribution in [2.24, 2.45) is 0 Å². The largest absolute Gasteiger partial charge is 0.289 e. The van der Waals surface area contributed by atoms with Crippen LogP contribution < -0.4 is 0 Å². The van der Waals surface area contributed by atoms with E-state index in [1.54, 1.807) is 24.3 Å². The van der Waals surface area contributed by atoms with Crippen LogP contribution in [-0.4, -0.2) is 16.0 Å². The molecule has 0 aliphatic carbocycles. The second-order valence-electron chi connectivity index (χ2n) is 4.92. The van der Waals surface area contributed by atoms with Crippen molar-refractivity contribution in [1.29, 1.82) is 0 Å². The molecule has 0 amide bonds. The minimum atomic E-state index is -0.386. The number of carbonyl (C=O) groups is 1. The van der Waals surface area contributed by atoms with Gasteiger partial charge in [-0.2, -0.15) is 5.10 Å². The summed E-state index contributed by atoms with van der Waals surface area (Å²) < 4.78 is 25.7. The second kappa shape index (κ2) is 6.36. The van der Waals surface area contributed by atoms with Crippen molar-refractivity contribution in [2.75, 3.05) is 0 Å². The Hall–Kier alpha value is -3.08. The molecule has 2 aromatic carbocycles. The number of allylic oxidation sites excluding steroid dienone is 1. The number of carbonyl (C=O) groups excluding carboxylic acids is 1. The first-order valence-electron chi connectivity index (χ1n) is 6.91. The molecule has 1 aromatic heterocycles. The summed E-state index contributed by atoms with van der Waals surface area (Å²) in [5, 5.41) is 6.91. The number of H-pyrrole nitrogens is 1. The number of nitrogens with zero attached hydrogens (tertiary/aromatic N) is 1. The Morgan fingerprint density at radius 1 is 0.957 bits per heavy atom. The number of hydrogen-bond donors (Lipinski definition) is 1. The Labute approximate surface area is 131 Å². The normalized spacial score (nSPS) is 11.0. The Balaban J connectivity index is 1.74. The molecule has 3 nitrogen and oxygen atoms in total. The van der Waals surface area contributed by atoms with Crippen molar-refractivity contribution < 1.29 is 13.6 Å². The lowest BCUT2D eigenvalue weighted by atomic mass is 10.1. The SMILES string of the molecule is O=C(/C=C/c1cc(-c2ccc(F)cc2)n[nH]1)c1ccc(F)cc1. The van der Waals surface area contributed by atoms with Gasteiger partial charge in [-0.1, -0.05) is 0 Å². The number of ketones is 1. The average Bonchev–Trinajstić information content (AvgIpc) is 3.03. The van der Waals surface area contributed by atoms with Crippen LogP contribution in [0.15, 0.2) is 60.7 Å². The first kappa shape index (κ1) is 14.8. The fraction of sp³-hybridized carbons (Fsp3) is 0. The summed E-state index contributed by atoms with van der Waals surface area (Å²) in [6.45, 7) is 0. The topological polar surface area (TPSA) is 45.8 Å². The minimum absolute atomic E-state index is 0.233. The Morgan fingerprint density at radius 3 is 2.22 bits per heavy atom. The van der Waals surface area contributed by atoms with Crippen LogP contribution in [0.4, 0.5) is 8.78 Å². The number of halogens is 2. The van der Waals surface area contributed by atoms with Gasteiger partial charge in [-0.15, -0.1) is 0 Å². The van der Waals surface area contributed by atoms with Crippen LogP contribution in [-0.2, 0) is 0 Å². The van der Waals surface area contributed by atoms with E-state index >= 15 is 0 Å². The average molecular weight is 310 g/mol. The van der Waals surface area contributed by atoms with E-state index in [1.807, 2.05) is 0 Å². The molecule has 0 saturated carbocycles. The van der Waals surface area contributed by atoms with Crippen LogP contribution in [0.25, 0.3) is 17.3 Å². The van der Waals surface area contributed by atoms with Crippen molar-refractivity contribution >= 4 is 11.9 Å². The van der Waals surface area contributed by atoms with Crippen molar-refractivity contribution in [1.82, 2.24) is 10.2 Å². The molecule has 0 bridgehead atoms. The smallest absolute Gasteiger partial charge is 0.185 e. The molecule has 0 atom stereocenters. The molecular weight excluding hydrogens is 298 g/mol. The Bertz CT molecular complexity index is 849. The molecule has 0 fully saturated rings. The monoisotopic (exact) mass is 310 g/mol. The van der Waals surface area contributed by atoms with Crippen LogP contribution in [0.5, 0.6) is 0 Å². The van der Waals surface area contributed by atoms with Crippen LogP contribution in [0.3, 0.4) is 0 Å². The highest BCUT2D eigenvalue weighted by Crippen LogP contribution is 2.18. The highest BCUT2D eigenvalue weighted by atomic mass is 19.1. The first-order valence-corrected chi connectivity index (χ1v) is 6.91. The number of aromatic nitrogens is 2. The number of nitrogens with one attached hydrogen (secondary N) is 1. The van der Waals surface area contributed by atoms with E-state index in [0.717, 1.165) is 5.56 Å². The molecule has 114 valence electrons. The van der Waals surface area contributed by atoms with Gasteiger partial charge >= 0.3 is 0 Å². The minimum Gasteiger partial charge on any atom is -0.289 e. The lowest BCUT2D eigenvalue weighted by molar-refractivity contribution is 0.104. The van der Waals surface area contributed by atoms with E-state index in [2.05, 4.69) is 10.2 Å². The van der Waals surface area contributed by atoms with E-state index in [9.17, 15) is 13.6 Å². The third-order valence-corrected chi connectivity index (χ3v) is 3.28. The predicted molar refractivity (Wildman–Crippen MR) is 83.7 cm³/mol. The number of hydrogen-bond acceptors (Lipinski definition) is 2. The van der Waals surface area contributed by atoms with E-state index in [-0.39, 0.29) is 17.4 Å². The molecule has 0 aliphatic heterocycles. The van der Waals surface area contributed by atoms with E-state index in [4.69, 9.17) is 0 Å². The quantitative estimate of drug-likeness (QED) is 0.578. The van der Waals surface area contributed by atoms with Gasteiger partial charge in [-0.05, 0) is 66.7 Å². The summed E-state index contributed by atoms with van der Waals surface area (Å²) >= 11 is 0. The molecule has 0 unspecified atom stereocenters.